The summed E-state index contributed by atoms with van der Waals surface area (Å²) in [6.45, 7) is 1.95. The molecular formula is C24H22FN3O2. The van der Waals surface area contributed by atoms with Crippen LogP contribution in [0.15, 0.2) is 83.8 Å². The summed E-state index contributed by atoms with van der Waals surface area (Å²) in [5, 5.41) is 3.01. The summed E-state index contributed by atoms with van der Waals surface area (Å²) in [4.78, 5) is 16.4. The number of imidazole rings is 1. The lowest BCUT2D eigenvalue weighted by Gasteiger charge is -2.15. The summed E-state index contributed by atoms with van der Waals surface area (Å²) in [5.74, 6) is 0.727. The number of nitrogens with one attached hydrogen (secondary N) is 1. The van der Waals surface area contributed by atoms with E-state index in [2.05, 4.69) is 10.3 Å². The first-order valence-corrected chi connectivity index (χ1v) is 9.81. The molecule has 0 aliphatic carbocycles. The predicted molar refractivity (Wildman–Crippen MR) is 113 cm³/mol. The van der Waals surface area contributed by atoms with Gasteiger partial charge in [-0.05, 0) is 48.9 Å². The van der Waals surface area contributed by atoms with Gasteiger partial charge in [-0.3, -0.25) is 4.79 Å². The Morgan fingerprint density at radius 3 is 2.67 bits per heavy atom. The van der Waals surface area contributed by atoms with Crippen LogP contribution in [0, 0.1) is 5.82 Å². The minimum Gasteiger partial charge on any atom is -0.461 e. The zero-order valence-electron chi connectivity index (χ0n) is 16.6. The van der Waals surface area contributed by atoms with E-state index in [1.807, 2.05) is 42.0 Å². The summed E-state index contributed by atoms with van der Waals surface area (Å²) in [6.07, 6.45) is 6.10. The summed E-state index contributed by atoms with van der Waals surface area (Å²) >= 11 is 0. The first-order chi connectivity index (χ1) is 14.6. The molecule has 0 aliphatic heterocycles. The third-order valence-corrected chi connectivity index (χ3v) is 4.97. The Morgan fingerprint density at radius 1 is 1.13 bits per heavy atom. The molecule has 1 amide bonds. The third-order valence-electron chi connectivity index (χ3n) is 4.97. The van der Waals surface area contributed by atoms with Gasteiger partial charge in [-0.2, -0.15) is 0 Å². The summed E-state index contributed by atoms with van der Waals surface area (Å²) in [6, 6.07) is 17.8. The van der Waals surface area contributed by atoms with Crippen molar-refractivity contribution in [3.8, 4) is 17.0 Å². The smallest absolute Gasteiger partial charge is 0.220 e. The van der Waals surface area contributed by atoms with Gasteiger partial charge in [-0.15, -0.1) is 0 Å². The van der Waals surface area contributed by atoms with Gasteiger partial charge in [0.05, 0.1) is 17.9 Å². The minimum absolute atomic E-state index is 0.0648. The Morgan fingerprint density at radius 2 is 1.93 bits per heavy atom. The van der Waals surface area contributed by atoms with Crippen molar-refractivity contribution in [1.29, 1.82) is 0 Å². The Labute approximate surface area is 174 Å². The minimum atomic E-state index is -0.330. The van der Waals surface area contributed by atoms with E-state index in [1.54, 1.807) is 42.9 Å². The topological polar surface area (TPSA) is 60.1 Å². The molecule has 1 atom stereocenters. The standard InChI is InChI=1S/C24H22FN3O2/c1-17(18-6-8-19(9-7-18)28-15-14-26-16-28)27-24(29)13-11-20-10-12-23(30-20)21-4-2-3-5-22(21)25/h2-10,12,14-17H,11,13H2,1H3,(H,27,29)/t17-/m1/s1. The van der Waals surface area contributed by atoms with Crippen LogP contribution in [0.5, 0.6) is 0 Å². The van der Waals surface area contributed by atoms with Crippen molar-refractivity contribution in [2.24, 2.45) is 0 Å². The predicted octanol–water partition coefficient (Wildman–Crippen LogP) is 5.08. The van der Waals surface area contributed by atoms with E-state index in [-0.39, 0.29) is 17.8 Å². The van der Waals surface area contributed by atoms with E-state index in [4.69, 9.17) is 4.42 Å². The molecule has 5 nitrogen and oxygen atoms in total. The van der Waals surface area contributed by atoms with Gasteiger partial charge >= 0.3 is 0 Å². The molecule has 4 aromatic rings. The summed E-state index contributed by atoms with van der Waals surface area (Å²) < 4.78 is 21.5. The quantitative estimate of drug-likeness (QED) is 0.468. The average molecular weight is 403 g/mol. The number of aryl methyl sites for hydroxylation is 1. The lowest BCUT2D eigenvalue weighted by atomic mass is 10.1. The number of nitrogens with zero attached hydrogens (tertiary/aromatic N) is 2. The SMILES string of the molecule is C[C@@H](NC(=O)CCc1ccc(-c2ccccc2F)o1)c1ccc(-n2ccnc2)cc1. The van der Waals surface area contributed by atoms with Gasteiger partial charge in [0.1, 0.15) is 17.3 Å². The fraction of sp³-hybridized carbons (Fsp3) is 0.167. The Balaban J connectivity index is 1.31. The highest BCUT2D eigenvalue weighted by atomic mass is 19.1. The van der Waals surface area contributed by atoms with Gasteiger partial charge in [-0.1, -0.05) is 24.3 Å². The van der Waals surface area contributed by atoms with Crippen LogP contribution in [-0.2, 0) is 11.2 Å². The average Bonchev–Trinajstić information content (AvgIpc) is 3.45. The zero-order chi connectivity index (χ0) is 20.9. The number of aromatic nitrogens is 2. The number of furan rings is 1. The van der Waals surface area contributed by atoms with Crippen LogP contribution < -0.4 is 5.32 Å². The molecule has 4 rings (SSSR count). The number of hydrogen-bond donors (Lipinski definition) is 1. The number of rotatable bonds is 7. The van der Waals surface area contributed by atoms with Crippen LogP contribution in [0.25, 0.3) is 17.0 Å². The maximum Gasteiger partial charge on any atom is 0.220 e. The van der Waals surface area contributed by atoms with E-state index < -0.39 is 0 Å². The lowest BCUT2D eigenvalue weighted by molar-refractivity contribution is -0.121. The van der Waals surface area contributed by atoms with E-state index in [9.17, 15) is 9.18 Å². The third kappa shape index (κ3) is 4.49. The molecule has 1 N–H and O–H groups in total. The second kappa shape index (κ2) is 8.78. The molecule has 6 heteroatoms. The van der Waals surface area contributed by atoms with E-state index in [1.165, 1.54) is 6.07 Å². The second-order valence-electron chi connectivity index (χ2n) is 7.10. The fourth-order valence-electron chi connectivity index (χ4n) is 3.30. The van der Waals surface area contributed by atoms with Gasteiger partial charge < -0.3 is 14.3 Å². The summed E-state index contributed by atoms with van der Waals surface area (Å²) in [7, 11) is 0. The number of hydrogen-bond acceptors (Lipinski definition) is 3. The monoisotopic (exact) mass is 403 g/mol. The van der Waals surface area contributed by atoms with Crippen molar-refractivity contribution in [2.45, 2.75) is 25.8 Å². The van der Waals surface area contributed by atoms with Crippen molar-refractivity contribution in [2.75, 3.05) is 0 Å². The van der Waals surface area contributed by atoms with E-state index >= 15 is 0 Å². The number of amides is 1. The lowest BCUT2D eigenvalue weighted by Crippen LogP contribution is -2.26. The molecule has 0 aliphatic rings. The number of halogens is 1. The van der Waals surface area contributed by atoms with Crippen molar-refractivity contribution in [3.05, 3.63) is 96.5 Å². The van der Waals surface area contributed by atoms with Crippen LogP contribution in [-0.4, -0.2) is 15.5 Å². The van der Waals surface area contributed by atoms with Gasteiger partial charge in [0, 0.05) is 30.9 Å². The normalized spacial score (nSPS) is 11.9. The second-order valence-corrected chi connectivity index (χ2v) is 7.10. The Hall–Kier alpha value is -3.67. The van der Waals surface area contributed by atoms with Crippen LogP contribution in [0.2, 0.25) is 0 Å². The Kier molecular flexibility index (Phi) is 5.75. The van der Waals surface area contributed by atoms with Gasteiger partial charge in [0.25, 0.3) is 0 Å². The number of carbonyl (C=O) groups is 1. The van der Waals surface area contributed by atoms with Crippen molar-refractivity contribution in [3.63, 3.8) is 0 Å². The van der Waals surface area contributed by atoms with Crippen LogP contribution in [0.1, 0.15) is 30.7 Å². The maximum atomic E-state index is 13.9. The molecular weight excluding hydrogens is 381 g/mol. The van der Waals surface area contributed by atoms with Crippen molar-refractivity contribution in [1.82, 2.24) is 14.9 Å². The molecule has 0 radical (unpaired) electrons. The van der Waals surface area contributed by atoms with Gasteiger partial charge in [0.15, 0.2) is 0 Å². The van der Waals surface area contributed by atoms with Crippen molar-refractivity contribution < 1.29 is 13.6 Å². The Bertz CT molecular complexity index is 1120. The number of carbonyl (C=O) groups excluding carboxylic acids is 1. The molecule has 0 fully saturated rings. The molecule has 0 saturated heterocycles. The summed E-state index contributed by atoms with van der Waals surface area (Å²) in [5.41, 5.74) is 2.45. The maximum absolute atomic E-state index is 13.9. The first kappa shape index (κ1) is 19.6. The van der Waals surface area contributed by atoms with Gasteiger partial charge in [-0.25, -0.2) is 9.37 Å². The fourth-order valence-corrected chi connectivity index (χ4v) is 3.30. The molecule has 2 aromatic carbocycles. The van der Waals surface area contributed by atoms with Crippen LogP contribution >= 0.6 is 0 Å². The molecule has 0 saturated carbocycles. The van der Waals surface area contributed by atoms with Crippen LogP contribution in [0.3, 0.4) is 0 Å². The zero-order valence-corrected chi connectivity index (χ0v) is 16.6. The van der Waals surface area contributed by atoms with Crippen LogP contribution in [0.4, 0.5) is 4.39 Å². The van der Waals surface area contributed by atoms with E-state index in [0.717, 1.165) is 11.3 Å². The highest BCUT2D eigenvalue weighted by molar-refractivity contribution is 5.76. The largest absolute Gasteiger partial charge is 0.461 e. The molecule has 0 bridgehead atoms. The van der Waals surface area contributed by atoms with Crippen molar-refractivity contribution >= 4 is 5.91 Å². The molecule has 152 valence electrons. The molecule has 30 heavy (non-hydrogen) atoms. The molecule has 0 unspecified atom stereocenters. The highest BCUT2D eigenvalue weighted by Gasteiger charge is 2.13. The molecule has 2 aromatic heterocycles. The number of benzene rings is 2. The first-order valence-electron chi connectivity index (χ1n) is 9.81. The van der Waals surface area contributed by atoms with E-state index in [0.29, 0.717) is 29.9 Å². The molecule has 2 heterocycles. The molecule has 0 spiro atoms. The van der Waals surface area contributed by atoms with Gasteiger partial charge in [0.2, 0.25) is 5.91 Å². The highest BCUT2D eigenvalue weighted by Crippen LogP contribution is 2.25.